The van der Waals surface area contributed by atoms with Crippen molar-refractivity contribution in [2.75, 3.05) is 18.5 Å². The summed E-state index contributed by atoms with van der Waals surface area (Å²) in [5.41, 5.74) is 3.44. The first kappa shape index (κ1) is 20.1. The van der Waals surface area contributed by atoms with Crippen molar-refractivity contribution in [1.82, 2.24) is 15.0 Å². The van der Waals surface area contributed by atoms with E-state index in [1.165, 1.54) is 5.56 Å². The number of rotatable bonds is 7. The van der Waals surface area contributed by atoms with Crippen molar-refractivity contribution in [3.63, 3.8) is 0 Å². The van der Waals surface area contributed by atoms with Crippen LogP contribution in [0.2, 0.25) is 0 Å². The van der Waals surface area contributed by atoms with E-state index in [1.54, 1.807) is 11.0 Å². The molecule has 0 radical (unpaired) electrons. The van der Waals surface area contributed by atoms with Crippen LogP contribution in [0.25, 0.3) is 11.4 Å². The molecule has 1 fully saturated rings. The maximum Gasteiger partial charge on any atom is 0.256 e. The fourth-order valence-corrected chi connectivity index (χ4v) is 3.78. The number of hydrogen-bond donors (Lipinski definition) is 2. The SMILES string of the molecule is CCc1ccc(-c2noc(CNc3ccccc3C(=O)N3CCCC3CO)n2)cc1. The molecule has 0 aliphatic carbocycles. The molecular weight excluding hydrogens is 380 g/mol. The molecule has 0 saturated carbocycles. The maximum atomic E-state index is 13.0. The molecule has 2 aromatic carbocycles. The number of anilines is 1. The minimum Gasteiger partial charge on any atom is -0.394 e. The summed E-state index contributed by atoms with van der Waals surface area (Å²) >= 11 is 0. The van der Waals surface area contributed by atoms with Gasteiger partial charge in [-0.05, 0) is 37.0 Å². The molecule has 1 atom stereocenters. The van der Waals surface area contributed by atoms with E-state index in [2.05, 4.69) is 34.5 Å². The molecule has 1 aliphatic rings. The van der Waals surface area contributed by atoms with E-state index < -0.39 is 0 Å². The molecule has 0 bridgehead atoms. The molecule has 7 nitrogen and oxygen atoms in total. The number of carbonyl (C=O) groups is 1. The van der Waals surface area contributed by atoms with Gasteiger partial charge in [0.1, 0.15) is 0 Å². The average Bonchev–Trinajstić information content (AvgIpc) is 3.47. The quantitative estimate of drug-likeness (QED) is 0.624. The predicted octanol–water partition coefficient (Wildman–Crippen LogP) is 3.51. The highest BCUT2D eigenvalue weighted by Crippen LogP contribution is 2.24. The van der Waals surface area contributed by atoms with Gasteiger partial charge in [0.2, 0.25) is 11.7 Å². The van der Waals surface area contributed by atoms with E-state index in [9.17, 15) is 9.90 Å². The van der Waals surface area contributed by atoms with Gasteiger partial charge in [0.15, 0.2) is 0 Å². The van der Waals surface area contributed by atoms with E-state index in [4.69, 9.17) is 4.52 Å². The Morgan fingerprint density at radius 2 is 2.03 bits per heavy atom. The maximum absolute atomic E-state index is 13.0. The number of benzene rings is 2. The summed E-state index contributed by atoms with van der Waals surface area (Å²) in [6, 6.07) is 15.4. The minimum absolute atomic E-state index is 0.00860. The number of aromatic nitrogens is 2. The number of para-hydroxylation sites is 1. The van der Waals surface area contributed by atoms with E-state index in [0.717, 1.165) is 24.8 Å². The Morgan fingerprint density at radius 3 is 2.80 bits per heavy atom. The first-order chi connectivity index (χ1) is 14.7. The third-order valence-electron chi connectivity index (χ3n) is 5.52. The van der Waals surface area contributed by atoms with Crippen molar-refractivity contribution in [2.24, 2.45) is 0 Å². The average molecular weight is 406 g/mol. The Labute approximate surface area is 175 Å². The fourth-order valence-electron chi connectivity index (χ4n) is 3.78. The smallest absolute Gasteiger partial charge is 0.256 e. The van der Waals surface area contributed by atoms with E-state index in [1.807, 2.05) is 30.3 Å². The van der Waals surface area contributed by atoms with Crippen LogP contribution in [0.15, 0.2) is 53.1 Å². The zero-order valence-corrected chi connectivity index (χ0v) is 17.0. The number of aliphatic hydroxyl groups excluding tert-OH is 1. The molecule has 1 amide bonds. The zero-order valence-electron chi connectivity index (χ0n) is 17.0. The van der Waals surface area contributed by atoms with Crippen molar-refractivity contribution in [3.05, 3.63) is 65.5 Å². The van der Waals surface area contributed by atoms with Gasteiger partial charge in [-0.3, -0.25) is 4.79 Å². The number of hydrogen-bond acceptors (Lipinski definition) is 6. The lowest BCUT2D eigenvalue weighted by molar-refractivity contribution is 0.0678. The Morgan fingerprint density at radius 1 is 1.23 bits per heavy atom. The largest absolute Gasteiger partial charge is 0.394 e. The molecule has 2 heterocycles. The van der Waals surface area contributed by atoms with Crippen LogP contribution in [0.4, 0.5) is 5.69 Å². The Bertz CT molecular complexity index is 1000. The first-order valence-electron chi connectivity index (χ1n) is 10.4. The molecule has 0 spiro atoms. The Balaban J connectivity index is 1.46. The summed E-state index contributed by atoms with van der Waals surface area (Å²) in [4.78, 5) is 19.2. The standard InChI is InChI=1S/C23H26N4O3/c1-2-16-9-11-17(12-10-16)22-25-21(30-26-22)14-24-20-8-4-3-7-19(20)23(29)27-13-5-6-18(27)15-28/h3-4,7-12,18,24,28H,2,5-6,13-15H2,1H3. The molecule has 3 aromatic rings. The van der Waals surface area contributed by atoms with Crippen molar-refractivity contribution >= 4 is 11.6 Å². The summed E-state index contributed by atoms with van der Waals surface area (Å²) in [7, 11) is 0. The number of nitrogens with zero attached hydrogens (tertiary/aromatic N) is 3. The molecular formula is C23H26N4O3. The third kappa shape index (κ3) is 4.21. The zero-order chi connectivity index (χ0) is 20.9. The van der Waals surface area contributed by atoms with Crippen LogP contribution in [0, 0.1) is 0 Å². The second-order valence-corrected chi connectivity index (χ2v) is 7.44. The van der Waals surface area contributed by atoms with Gasteiger partial charge in [-0.1, -0.05) is 48.5 Å². The fraction of sp³-hybridized carbons (Fsp3) is 0.348. The molecule has 30 heavy (non-hydrogen) atoms. The van der Waals surface area contributed by atoms with Gasteiger partial charge in [0.05, 0.1) is 24.8 Å². The van der Waals surface area contributed by atoms with Gasteiger partial charge >= 0.3 is 0 Å². The topological polar surface area (TPSA) is 91.5 Å². The van der Waals surface area contributed by atoms with Crippen LogP contribution in [-0.4, -0.2) is 45.2 Å². The van der Waals surface area contributed by atoms with Gasteiger partial charge in [-0.15, -0.1) is 0 Å². The van der Waals surface area contributed by atoms with E-state index in [0.29, 0.717) is 36.1 Å². The molecule has 1 aliphatic heterocycles. The molecule has 1 unspecified atom stereocenters. The van der Waals surface area contributed by atoms with Crippen molar-refractivity contribution in [1.29, 1.82) is 0 Å². The van der Waals surface area contributed by atoms with Gasteiger partial charge in [-0.2, -0.15) is 4.98 Å². The number of aryl methyl sites for hydroxylation is 1. The second-order valence-electron chi connectivity index (χ2n) is 7.44. The second kappa shape index (κ2) is 9.09. The van der Waals surface area contributed by atoms with Crippen LogP contribution >= 0.6 is 0 Å². The molecule has 156 valence electrons. The normalized spacial score (nSPS) is 16.1. The first-order valence-corrected chi connectivity index (χ1v) is 10.4. The van der Waals surface area contributed by atoms with Crippen molar-refractivity contribution < 1.29 is 14.4 Å². The van der Waals surface area contributed by atoms with Gasteiger partial charge in [0, 0.05) is 17.8 Å². The number of nitrogens with one attached hydrogen (secondary N) is 1. The van der Waals surface area contributed by atoms with Gasteiger partial charge in [-0.25, -0.2) is 0 Å². The lowest BCUT2D eigenvalue weighted by Gasteiger charge is -2.24. The summed E-state index contributed by atoms with van der Waals surface area (Å²) in [5, 5.41) is 16.9. The van der Waals surface area contributed by atoms with Crippen LogP contribution in [0.5, 0.6) is 0 Å². The van der Waals surface area contributed by atoms with Crippen LogP contribution in [0.3, 0.4) is 0 Å². The molecule has 7 heteroatoms. The highest BCUT2D eigenvalue weighted by Gasteiger charge is 2.29. The number of likely N-dealkylation sites (tertiary alicyclic amines) is 1. The van der Waals surface area contributed by atoms with Crippen LogP contribution in [0.1, 0.15) is 41.6 Å². The van der Waals surface area contributed by atoms with Crippen molar-refractivity contribution in [3.8, 4) is 11.4 Å². The summed E-state index contributed by atoms with van der Waals surface area (Å²) in [6.07, 6.45) is 2.73. The van der Waals surface area contributed by atoms with E-state index >= 15 is 0 Å². The summed E-state index contributed by atoms with van der Waals surface area (Å²) in [5.74, 6) is 0.916. The number of amides is 1. The number of aliphatic hydroxyl groups is 1. The van der Waals surface area contributed by atoms with Crippen LogP contribution in [-0.2, 0) is 13.0 Å². The highest BCUT2D eigenvalue weighted by atomic mass is 16.5. The lowest BCUT2D eigenvalue weighted by Crippen LogP contribution is -2.37. The molecule has 1 aromatic heterocycles. The molecule has 1 saturated heterocycles. The Kier molecular flexibility index (Phi) is 6.09. The predicted molar refractivity (Wildman–Crippen MR) is 114 cm³/mol. The summed E-state index contributed by atoms with van der Waals surface area (Å²) in [6.45, 7) is 3.09. The minimum atomic E-state index is -0.108. The number of carbonyl (C=O) groups excluding carboxylic acids is 1. The van der Waals surface area contributed by atoms with Crippen LogP contribution < -0.4 is 5.32 Å². The monoisotopic (exact) mass is 406 g/mol. The molecule has 4 rings (SSSR count). The van der Waals surface area contributed by atoms with Crippen molar-refractivity contribution in [2.45, 2.75) is 38.8 Å². The Hall–Kier alpha value is -3.19. The van der Waals surface area contributed by atoms with E-state index in [-0.39, 0.29) is 18.6 Å². The van der Waals surface area contributed by atoms with Gasteiger partial charge in [0.25, 0.3) is 5.91 Å². The highest BCUT2D eigenvalue weighted by molar-refractivity contribution is 5.99. The third-order valence-corrected chi connectivity index (χ3v) is 5.52. The van der Waals surface area contributed by atoms with Gasteiger partial charge < -0.3 is 19.8 Å². The lowest BCUT2D eigenvalue weighted by atomic mass is 10.1. The summed E-state index contributed by atoms with van der Waals surface area (Å²) < 4.78 is 5.38. The molecule has 2 N–H and O–H groups in total.